The first-order chi connectivity index (χ1) is 9.39. The highest BCUT2D eigenvalue weighted by Crippen LogP contribution is 2.50. The fraction of sp³-hybridized carbons (Fsp3) is 1.00. The molecule has 0 N–H and O–H groups in total. The molecule has 2 unspecified atom stereocenters. The molecule has 21 heavy (non-hydrogen) atoms. The first-order valence-corrected chi connectivity index (χ1v) is 8.94. The van der Waals surface area contributed by atoms with Crippen LogP contribution in [0.4, 0.5) is 0 Å². The molecule has 0 bridgehead atoms. The monoisotopic (exact) mass is 291 g/mol. The Morgan fingerprint density at radius 3 is 1.90 bits per heavy atom. The Balaban J connectivity index is 3.31. The number of likely N-dealkylation sites (tertiary alicyclic amines) is 1. The van der Waals surface area contributed by atoms with Gasteiger partial charge in [-0.2, -0.15) is 0 Å². The van der Waals surface area contributed by atoms with Crippen molar-refractivity contribution in [3.8, 4) is 0 Å². The van der Waals surface area contributed by atoms with E-state index in [9.17, 15) is 0 Å². The average molecular weight is 291 g/mol. The van der Waals surface area contributed by atoms with Crippen molar-refractivity contribution in [1.82, 2.24) is 4.90 Å². The minimum absolute atomic E-state index is 0.182. The van der Waals surface area contributed by atoms with E-state index in [1.807, 2.05) is 0 Å². The molecule has 1 fully saturated rings. The second-order valence-electron chi connectivity index (χ2n) is 9.34. The van der Waals surface area contributed by atoms with Gasteiger partial charge < -0.3 is 0 Å². The van der Waals surface area contributed by atoms with E-state index in [-0.39, 0.29) is 22.3 Å². The quantitative estimate of drug-likeness (QED) is 0.625. The zero-order valence-corrected chi connectivity index (χ0v) is 16.1. The maximum atomic E-state index is 6.64. The Labute approximate surface area is 135 Å². The summed E-state index contributed by atoms with van der Waals surface area (Å²) in [4.78, 5) is 2.82. The molecule has 0 aromatic carbocycles. The first-order valence-electron chi connectivity index (χ1n) is 8.94. The van der Waals surface area contributed by atoms with Crippen molar-refractivity contribution in [2.45, 2.75) is 111 Å². The summed E-state index contributed by atoms with van der Waals surface area (Å²) in [7, 11) is 6.64. The van der Waals surface area contributed by atoms with E-state index < -0.39 is 0 Å². The van der Waals surface area contributed by atoms with Crippen molar-refractivity contribution >= 4 is 7.85 Å². The van der Waals surface area contributed by atoms with E-state index in [0.717, 1.165) is 6.42 Å². The maximum absolute atomic E-state index is 6.64. The normalized spacial score (nSPS) is 32.7. The van der Waals surface area contributed by atoms with Crippen molar-refractivity contribution in [3.05, 3.63) is 0 Å². The molecule has 2 atom stereocenters. The van der Waals surface area contributed by atoms with Gasteiger partial charge in [0, 0.05) is 17.1 Å². The Morgan fingerprint density at radius 2 is 1.48 bits per heavy atom. The maximum Gasteiger partial charge on any atom is 0.0710 e. The molecular formula is C19H38BN. The van der Waals surface area contributed by atoms with E-state index in [1.165, 1.54) is 19.3 Å². The highest BCUT2D eigenvalue weighted by molar-refractivity contribution is 6.12. The van der Waals surface area contributed by atoms with Gasteiger partial charge in [0.1, 0.15) is 0 Å². The van der Waals surface area contributed by atoms with E-state index in [1.54, 1.807) is 0 Å². The van der Waals surface area contributed by atoms with Crippen LogP contribution in [0.15, 0.2) is 0 Å². The fourth-order valence-electron chi connectivity index (χ4n) is 5.56. The van der Waals surface area contributed by atoms with Crippen LogP contribution in [-0.4, -0.2) is 29.9 Å². The summed E-state index contributed by atoms with van der Waals surface area (Å²) in [6.07, 6.45) is 4.79. The SMILES string of the molecule is [B]C1C(C)CC(C)(C)N(C(CC)CC)C(C)(C)CC1(C)C. The summed E-state index contributed by atoms with van der Waals surface area (Å²) in [5, 5.41) is 0. The van der Waals surface area contributed by atoms with Gasteiger partial charge in [-0.3, -0.25) is 4.90 Å². The standard InChI is InChI=1S/C19H38BN/c1-10-15(11-2)21-18(6,7)12-14(3)16(20)17(4,5)13-19(21,8)9/h14-16H,10-13H2,1-9H3. The Bertz CT molecular complexity index is 341. The van der Waals surface area contributed by atoms with Crippen LogP contribution >= 0.6 is 0 Å². The van der Waals surface area contributed by atoms with Gasteiger partial charge in [-0.1, -0.05) is 40.4 Å². The van der Waals surface area contributed by atoms with E-state index in [4.69, 9.17) is 7.85 Å². The molecule has 1 aliphatic rings. The minimum Gasteiger partial charge on any atom is -0.290 e. The van der Waals surface area contributed by atoms with Gasteiger partial charge in [0.05, 0.1) is 7.85 Å². The van der Waals surface area contributed by atoms with Crippen LogP contribution in [-0.2, 0) is 0 Å². The lowest BCUT2D eigenvalue weighted by molar-refractivity contribution is -0.0742. The van der Waals surface area contributed by atoms with Crippen LogP contribution in [0, 0.1) is 11.3 Å². The molecule has 1 aliphatic heterocycles. The van der Waals surface area contributed by atoms with Crippen LogP contribution in [0.25, 0.3) is 0 Å². The van der Waals surface area contributed by atoms with Crippen LogP contribution in [0.2, 0.25) is 5.82 Å². The molecule has 0 saturated carbocycles. The summed E-state index contributed by atoms with van der Waals surface area (Å²) in [5.74, 6) is 0.836. The highest BCUT2D eigenvalue weighted by Gasteiger charge is 2.48. The molecule has 0 amide bonds. The van der Waals surface area contributed by atoms with Gasteiger partial charge in [0.2, 0.25) is 0 Å². The van der Waals surface area contributed by atoms with Gasteiger partial charge in [-0.25, -0.2) is 0 Å². The molecule has 0 spiro atoms. The summed E-state index contributed by atoms with van der Waals surface area (Å²) >= 11 is 0. The summed E-state index contributed by atoms with van der Waals surface area (Å²) < 4.78 is 0. The number of rotatable bonds is 3. The first kappa shape index (κ1) is 19.1. The lowest BCUT2D eigenvalue weighted by Crippen LogP contribution is -2.63. The zero-order valence-electron chi connectivity index (χ0n) is 16.1. The minimum atomic E-state index is 0.182. The average Bonchev–Trinajstić information content (AvgIpc) is 2.30. The third-order valence-corrected chi connectivity index (χ3v) is 5.84. The van der Waals surface area contributed by atoms with Gasteiger partial charge >= 0.3 is 0 Å². The molecule has 122 valence electrons. The number of hydrogen-bond acceptors (Lipinski definition) is 1. The zero-order chi connectivity index (χ0) is 16.6. The van der Waals surface area contributed by atoms with Gasteiger partial charge in [0.25, 0.3) is 0 Å². The van der Waals surface area contributed by atoms with Crippen LogP contribution in [0.1, 0.15) is 88.0 Å². The molecule has 2 heteroatoms. The van der Waals surface area contributed by atoms with E-state index >= 15 is 0 Å². The molecule has 1 saturated heterocycles. The summed E-state index contributed by atoms with van der Waals surface area (Å²) in [6, 6.07) is 0.660. The molecule has 1 heterocycles. The third-order valence-electron chi connectivity index (χ3n) is 5.84. The molecule has 0 aromatic heterocycles. The second kappa shape index (κ2) is 6.26. The molecule has 0 aliphatic carbocycles. The Hall–Kier alpha value is 0.0249. The van der Waals surface area contributed by atoms with Gasteiger partial charge in [-0.05, 0) is 64.7 Å². The van der Waals surface area contributed by atoms with Gasteiger partial charge in [0.15, 0.2) is 0 Å². The number of hydrogen-bond donors (Lipinski definition) is 0. The van der Waals surface area contributed by atoms with Crippen molar-refractivity contribution in [1.29, 1.82) is 0 Å². The molecule has 1 rings (SSSR count). The lowest BCUT2D eigenvalue weighted by atomic mass is 9.55. The van der Waals surface area contributed by atoms with Gasteiger partial charge in [-0.15, -0.1) is 0 Å². The Morgan fingerprint density at radius 1 is 1.00 bits per heavy atom. The van der Waals surface area contributed by atoms with Crippen LogP contribution in [0.5, 0.6) is 0 Å². The van der Waals surface area contributed by atoms with Crippen molar-refractivity contribution < 1.29 is 0 Å². The second-order valence-corrected chi connectivity index (χ2v) is 9.34. The van der Waals surface area contributed by atoms with E-state index in [2.05, 4.69) is 67.2 Å². The summed E-state index contributed by atoms with van der Waals surface area (Å²) in [5.41, 5.74) is 0.568. The lowest BCUT2D eigenvalue weighted by Gasteiger charge is -2.59. The van der Waals surface area contributed by atoms with Crippen LogP contribution < -0.4 is 0 Å². The summed E-state index contributed by atoms with van der Waals surface area (Å²) in [6.45, 7) is 21.4. The predicted molar refractivity (Wildman–Crippen MR) is 96.1 cm³/mol. The third kappa shape index (κ3) is 3.87. The predicted octanol–water partition coefficient (Wildman–Crippen LogP) is 5.45. The highest BCUT2D eigenvalue weighted by atomic mass is 15.3. The van der Waals surface area contributed by atoms with E-state index in [0.29, 0.717) is 12.0 Å². The molecule has 1 nitrogen and oxygen atoms in total. The topological polar surface area (TPSA) is 3.24 Å². The fourth-order valence-corrected chi connectivity index (χ4v) is 5.56. The Kier molecular flexibility index (Phi) is 5.69. The molecule has 2 radical (unpaired) electrons. The van der Waals surface area contributed by atoms with Crippen LogP contribution in [0.3, 0.4) is 0 Å². The van der Waals surface area contributed by atoms with Crippen molar-refractivity contribution in [2.75, 3.05) is 0 Å². The largest absolute Gasteiger partial charge is 0.290 e. The van der Waals surface area contributed by atoms with Crippen molar-refractivity contribution in [2.24, 2.45) is 11.3 Å². The molecule has 0 aromatic rings. The van der Waals surface area contributed by atoms with Crippen molar-refractivity contribution in [3.63, 3.8) is 0 Å². The number of nitrogens with zero attached hydrogens (tertiary/aromatic N) is 1. The smallest absolute Gasteiger partial charge is 0.0710 e. The molecular weight excluding hydrogens is 253 g/mol.